The standard InChI is InChI=1S/C24H33N5O3S/c1-18(2)23-25-19(3)17-21(26-23)27-9-11-29(12-10-27)24(30)22(20-7-5-4-6-8-20)28-13-15-33(31,32)16-14-28/h4-8,17-18,22H,9-16H2,1-3H3. The molecule has 0 saturated carbocycles. The third-order valence-electron chi connectivity index (χ3n) is 6.38. The number of aromatic nitrogens is 2. The van der Waals surface area contributed by atoms with Crippen LogP contribution in [0.25, 0.3) is 0 Å². The van der Waals surface area contributed by atoms with E-state index in [9.17, 15) is 13.2 Å². The Balaban J connectivity index is 1.49. The summed E-state index contributed by atoms with van der Waals surface area (Å²) in [5.41, 5.74) is 1.86. The second-order valence-corrected chi connectivity index (χ2v) is 11.5. The summed E-state index contributed by atoms with van der Waals surface area (Å²) >= 11 is 0. The lowest BCUT2D eigenvalue weighted by Crippen LogP contribution is -2.54. The molecule has 1 atom stereocenters. The lowest BCUT2D eigenvalue weighted by atomic mass is 10.0. The second-order valence-electron chi connectivity index (χ2n) is 9.19. The highest BCUT2D eigenvalue weighted by atomic mass is 32.2. The maximum atomic E-state index is 13.7. The molecule has 2 aliphatic heterocycles. The predicted octanol–water partition coefficient (Wildman–Crippen LogP) is 2.03. The Hall–Kier alpha value is -2.52. The number of carbonyl (C=O) groups excluding carboxylic acids is 1. The van der Waals surface area contributed by atoms with Gasteiger partial charge < -0.3 is 9.80 Å². The topological polar surface area (TPSA) is 86.7 Å². The number of aryl methyl sites for hydroxylation is 1. The monoisotopic (exact) mass is 471 g/mol. The summed E-state index contributed by atoms with van der Waals surface area (Å²) in [7, 11) is -3.02. The van der Waals surface area contributed by atoms with Crippen LogP contribution in [-0.4, -0.2) is 84.9 Å². The van der Waals surface area contributed by atoms with Crippen LogP contribution in [0.2, 0.25) is 0 Å². The molecule has 3 heterocycles. The van der Waals surface area contributed by atoms with Crippen molar-refractivity contribution in [2.75, 3.05) is 55.7 Å². The molecule has 1 aromatic heterocycles. The molecule has 9 heteroatoms. The van der Waals surface area contributed by atoms with Crippen molar-refractivity contribution in [2.24, 2.45) is 0 Å². The molecule has 33 heavy (non-hydrogen) atoms. The van der Waals surface area contributed by atoms with Crippen LogP contribution >= 0.6 is 0 Å². The number of benzene rings is 1. The first-order valence-electron chi connectivity index (χ1n) is 11.6. The third kappa shape index (κ3) is 5.52. The zero-order chi connectivity index (χ0) is 23.6. The quantitative estimate of drug-likeness (QED) is 0.659. The highest BCUT2D eigenvalue weighted by molar-refractivity contribution is 7.91. The normalized spacial score (nSPS) is 20.1. The number of rotatable bonds is 5. The number of nitrogens with zero attached hydrogens (tertiary/aromatic N) is 5. The number of piperazine rings is 1. The van der Waals surface area contributed by atoms with Crippen LogP contribution in [0.1, 0.15) is 42.9 Å². The Labute approximate surface area is 196 Å². The highest BCUT2D eigenvalue weighted by Gasteiger charge is 2.36. The predicted molar refractivity (Wildman–Crippen MR) is 129 cm³/mol. The summed E-state index contributed by atoms with van der Waals surface area (Å²) in [5.74, 6) is 2.26. The summed E-state index contributed by atoms with van der Waals surface area (Å²) in [6.07, 6.45) is 0. The van der Waals surface area contributed by atoms with Gasteiger partial charge in [0, 0.05) is 56.9 Å². The number of sulfone groups is 1. The minimum atomic E-state index is -3.02. The van der Waals surface area contributed by atoms with Crippen LogP contribution < -0.4 is 4.90 Å². The van der Waals surface area contributed by atoms with Gasteiger partial charge in [0.05, 0.1) is 11.5 Å². The van der Waals surface area contributed by atoms with E-state index in [-0.39, 0.29) is 23.3 Å². The zero-order valence-corrected chi connectivity index (χ0v) is 20.5. The molecule has 2 aliphatic rings. The van der Waals surface area contributed by atoms with E-state index in [0.717, 1.165) is 22.9 Å². The Morgan fingerprint density at radius 1 is 0.939 bits per heavy atom. The van der Waals surface area contributed by atoms with Crippen molar-refractivity contribution >= 4 is 21.6 Å². The van der Waals surface area contributed by atoms with Gasteiger partial charge in [-0.2, -0.15) is 0 Å². The molecule has 2 aromatic rings. The van der Waals surface area contributed by atoms with Crippen LogP contribution in [-0.2, 0) is 14.6 Å². The maximum absolute atomic E-state index is 13.7. The average molecular weight is 472 g/mol. The summed E-state index contributed by atoms with van der Waals surface area (Å²) in [4.78, 5) is 29.1. The molecule has 8 nitrogen and oxygen atoms in total. The fourth-order valence-electron chi connectivity index (χ4n) is 4.45. The van der Waals surface area contributed by atoms with Crippen LogP contribution in [0.15, 0.2) is 36.4 Å². The second kappa shape index (κ2) is 9.77. The van der Waals surface area contributed by atoms with Gasteiger partial charge in [-0.05, 0) is 12.5 Å². The van der Waals surface area contributed by atoms with E-state index < -0.39 is 15.9 Å². The van der Waals surface area contributed by atoms with Crippen LogP contribution in [0.4, 0.5) is 5.82 Å². The summed E-state index contributed by atoms with van der Waals surface area (Å²) in [6.45, 7) is 9.54. The summed E-state index contributed by atoms with van der Waals surface area (Å²) < 4.78 is 23.9. The number of hydrogen-bond acceptors (Lipinski definition) is 7. The molecule has 0 bridgehead atoms. The first-order chi connectivity index (χ1) is 15.7. The van der Waals surface area contributed by atoms with Crippen LogP contribution in [0, 0.1) is 6.92 Å². The molecule has 0 N–H and O–H groups in total. The van der Waals surface area contributed by atoms with Gasteiger partial charge in [-0.15, -0.1) is 0 Å². The van der Waals surface area contributed by atoms with Crippen LogP contribution in [0.3, 0.4) is 0 Å². The van der Waals surface area contributed by atoms with E-state index in [1.807, 2.05) is 53.1 Å². The molecule has 2 fully saturated rings. The summed E-state index contributed by atoms with van der Waals surface area (Å²) in [6, 6.07) is 11.2. The molecule has 1 aromatic carbocycles. The minimum Gasteiger partial charge on any atom is -0.353 e. The van der Waals surface area contributed by atoms with Crippen molar-refractivity contribution in [3.63, 3.8) is 0 Å². The van der Waals surface area contributed by atoms with E-state index >= 15 is 0 Å². The number of anilines is 1. The Morgan fingerprint density at radius 3 is 2.18 bits per heavy atom. The SMILES string of the molecule is Cc1cc(N2CCN(C(=O)C(c3ccccc3)N3CCS(=O)(=O)CC3)CC2)nc(C(C)C)n1. The van der Waals surface area contributed by atoms with E-state index in [0.29, 0.717) is 39.3 Å². The lowest BCUT2D eigenvalue weighted by molar-refractivity contribution is -0.137. The van der Waals surface area contributed by atoms with Gasteiger partial charge in [0.2, 0.25) is 5.91 Å². The first-order valence-corrected chi connectivity index (χ1v) is 13.4. The number of carbonyl (C=O) groups is 1. The number of amides is 1. The fraction of sp³-hybridized carbons (Fsp3) is 0.542. The molecule has 4 rings (SSSR count). The Kier molecular flexibility index (Phi) is 6.99. The minimum absolute atomic E-state index is 0.0434. The third-order valence-corrected chi connectivity index (χ3v) is 7.99. The van der Waals surface area contributed by atoms with Crippen molar-refractivity contribution in [1.29, 1.82) is 0 Å². The Morgan fingerprint density at radius 2 is 1.58 bits per heavy atom. The van der Waals surface area contributed by atoms with Gasteiger partial charge >= 0.3 is 0 Å². The molecule has 1 unspecified atom stereocenters. The van der Waals surface area contributed by atoms with Gasteiger partial charge in [-0.1, -0.05) is 44.2 Å². The average Bonchev–Trinajstić information content (AvgIpc) is 2.80. The molecule has 2 saturated heterocycles. The highest BCUT2D eigenvalue weighted by Crippen LogP contribution is 2.26. The smallest absolute Gasteiger partial charge is 0.244 e. The van der Waals surface area contributed by atoms with Crippen molar-refractivity contribution in [3.8, 4) is 0 Å². The summed E-state index contributed by atoms with van der Waals surface area (Å²) in [5, 5.41) is 0. The van der Waals surface area contributed by atoms with E-state index in [1.54, 1.807) is 0 Å². The van der Waals surface area contributed by atoms with Gasteiger partial charge in [0.15, 0.2) is 9.84 Å². The van der Waals surface area contributed by atoms with Crippen molar-refractivity contribution < 1.29 is 13.2 Å². The van der Waals surface area contributed by atoms with Gasteiger partial charge in [-0.25, -0.2) is 18.4 Å². The van der Waals surface area contributed by atoms with Gasteiger partial charge in [0.25, 0.3) is 0 Å². The first kappa shape index (κ1) is 23.6. The van der Waals surface area contributed by atoms with Gasteiger partial charge in [-0.3, -0.25) is 9.69 Å². The van der Waals surface area contributed by atoms with Crippen LogP contribution in [0.5, 0.6) is 0 Å². The number of hydrogen-bond donors (Lipinski definition) is 0. The van der Waals surface area contributed by atoms with E-state index in [2.05, 4.69) is 23.7 Å². The van der Waals surface area contributed by atoms with Crippen molar-refractivity contribution in [1.82, 2.24) is 19.8 Å². The molecular weight excluding hydrogens is 438 g/mol. The maximum Gasteiger partial charge on any atom is 0.244 e. The molecule has 178 valence electrons. The van der Waals surface area contributed by atoms with E-state index in [1.165, 1.54) is 0 Å². The largest absolute Gasteiger partial charge is 0.353 e. The van der Waals surface area contributed by atoms with Crippen molar-refractivity contribution in [3.05, 3.63) is 53.5 Å². The molecule has 0 radical (unpaired) electrons. The molecule has 1 amide bonds. The van der Waals surface area contributed by atoms with Gasteiger partial charge in [0.1, 0.15) is 17.7 Å². The Bertz CT molecular complexity index is 1070. The molecular formula is C24H33N5O3S. The van der Waals surface area contributed by atoms with E-state index in [4.69, 9.17) is 4.98 Å². The van der Waals surface area contributed by atoms with Crippen molar-refractivity contribution in [2.45, 2.75) is 32.7 Å². The zero-order valence-electron chi connectivity index (χ0n) is 19.6. The lowest BCUT2D eigenvalue weighted by Gasteiger charge is -2.40. The fourth-order valence-corrected chi connectivity index (χ4v) is 5.68. The molecule has 0 aliphatic carbocycles. The molecule has 0 spiro atoms.